The van der Waals surface area contributed by atoms with Crippen molar-refractivity contribution in [3.05, 3.63) is 40.4 Å². The fourth-order valence-electron chi connectivity index (χ4n) is 2.16. The van der Waals surface area contributed by atoms with Crippen LogP contribution in [0.15, 0.2) is 30.4 Å². The first-order valence-electron chi connectivity index (χ1n) is 7.09. The molecule has 0 saturated carbocycles. The summed E-state index contributed by atoms with van der Waals surface area (Å²) in [6.07, 6.45) is 5.41. The normalized spacial score (nSPS) is 18.6. The predicted molar refractivity (Wildman–Crippen MR) is 87.1 cm³/mol. The van der Waals surface area contributed by atoms with E-state index in [0.717, 1.165) is 12.8 Å². The molecule has 22 heavy (non-hydrogen) atoms. The van der Waals surface area contributed by atoms with Gasteiger partial charge in [-0.05, 0) is 44.4 Å². The van der Waals surface area contributed by atoms with Gasteiger partial charge in [-0.1, -0.05) is 35.4 Å². The van der Waals surface area contributed by atoms with Crippen molar-refractivity contribution < 1.29 is 14.3 Å². The van der Waals surface area contributed by atoms with Crippen LogP contribution < -0.4 is 5.32 Å². The third-order valence-electron chi connectivity index (χ3n) is 3.45. The van der Waals surface area contributed by atoms with E-state index in [1.165, 1.54) is 13.0 Å². The molecule has 6 heteroatoms. The Morgan fingerprint density at radius 3 is 2.73 bits per heavy atom. The third kappa shape index (κ3) is 4.49. The lowest BCUT2D eigenvalue weighted by molar-refractivity contribution is -0.157. The van der Waals surface area contributed by atoms with E-state index < -0.39 is 12.0 Å². The molecule has 2 atom stereocenters. The number of amides is 1. The van der Waals surface area contributed by atoms with Crippen LogP contribution in [0.4, 0.5) is 5.69 Å². The van der Waals surface area contributed by atoms with Crippen LogP contribution in [-0.4, -0.2) is 18.0 Å². The highest BCUT2D eigenvalue weighted by Gasteiger charge is 2.25. The van der Waals surface area contributed by atoms with Crippen molar-refractivity contribution in [1.29, 1.82) is 0 Å². The zero-order valence-electron chi connectivity index (χ0n) is 12.1. The topological polar surface area (TPSA) is 55.4 Å². The predicted octanol–water partition coefficient (Wildman–Crippen LogP) is 4.22. The first-order chi connectivity index (χ1) is 10.5. The monoisotopic (exact) mass is 341 g/mol. The van der Waals surface area contributed by atoms with Crippen LogP contribution in [0.2, 0.25) is 10.0 Å². The highest BCUT2D eigenvalue weighted by atomic mass is 35.5. The quantitative estimate of drug-likeness (QED) is 0.658. The minimum absolute atomic E-state index is 0.167. The summed E-state index contributed by atoms with van der Waals surface area (Å²) in [5, 5.41) is 3.43. The van der Waals surface area contributed by atoms with Crippen molar-refractivity contribution in [2.75, 3.05) is 5.32 Å². The Labute approximate surface area is 139 Å². The molecule has 0 saturated heterocycles. The largest absolute Gasteiger partial charge is 0.452 e. The Balaban J connectivity index is 1.91. The zero-order valence-corrected chi connectivity index (χ0v) is 13.7. The first kappa shape index (κ1) is 16.8. The van der Waals surface area contributed by atoms with Gasteiger partial charge in [0.15, 0.2) is 6.10 Å². The van der Waals surface area contributed by atoms with E-state index in [0.29, 0.717) is 22.2 Å². The zero-order chi connectivity index (χ0) is 16.1. The van der Waals surface area contributed by atoms with Crippen molar-refractivity contribution in [3.63, 3.8) is 0 Å². The third-order valence-corrected chi connectivity index (χ3v) is 4.00. The lowest BCUT2D eigenvalue weighted by atomic mass is 9.95. The van der Waals surface area contributed by atoms with E-state index in [1.807, 2.05) is 12.2 Å². The fourth-order valence-corrected chi connectivity index (χ4v) is 2.61. The SMILES string of the molecule is C[C@@H](OC(=O)[C@@H]1CC=CCC1)C(=O)Nc1ccc(Cl)cc1Cl. The van der Waals surface area contributed by atoms with Crippen molar-refractivity contribution in [1.82, 2.24) is 0 Å². The molecule has 4 nitrogen and oxygen atoms in total. The van der Waals surface area contributed by atoms with E-state index >= 15 is 0 Å². The Kier molecular flexibility index (Phi) is 5.86. The van der Waals surface area contributed by atoms with E-state index in [-0.39, 0.29) is 11.9 Å². The standard InChI is InChI=1S/C16H17Cl2NO3/c1-10(22-16(21)11-5-3-2-4-6-11)15(20)19-14-8-7-12(17)9-13(14)18/h2-3,7-11H,4-6H2,1H3,(H,19,20)/t10-,11-/m1/s1. The molecule has 0 bridgehead atoms. The average molecular weight is 342 g/mol. The van der Waals surface area contributed by atoms with Gasteiger partial charge in [0.1, 0.15) is 0 Å². The highest BCUT2D eigenvalue weighted by Crippen LogP contribution is 2.26. The maximum absolute atomic E-state index is 12.1. The van der Waals surface area contributed by atoms with E-state index in [2.05, 4.69) is 5.32 Å². The lowest BCUT2D eigenvalue weighted by Gasteiger charge is -2.20. The molecule has 0 spiro atoms. The molecule has 1 N–H and O–H groups in total. The number of esters is 1. The van der Waals surface area contributed by atoms with Gasteiger partial charge < -0.3 is 10.1 Å². The van der Waals surface area contributed by atoms with Gasteiger partial charge in [-0.3, -0.25) is 9.59 Å². The number of allylic oxidation sites excluding steroid dienone is 2. The van der Waals surface area contributed by atoms with Gasteiger partial charge in [-0.25, -0.2) is 0 Å². The van der Waals surface area contributed by atoms with Gasteiger partial charge in [0.2, 0.25) is 0 Å². The number of hydrogen-bond acceptors (Lipinski definition) is 3. The lowest BCUT2D eigenvalue weighted by Crippen LogP contribution is -2.32. The minimum atomic E-state index is -0.884. The van der Waals surface area contributed by atoms with Crippen molar-refractivity contribution >= 4 is 40.8 Å². The number of ether oxygens (including phenoxy) is 1. The number of halogens is 2. The second kappa shape index (κ2) is 7.65. The number of anilines is 1. The van der Waals surface area contributed by atoms with Crippen LogP contribution in [-0.2, 0) is 14.3 Å². The molecule has 1 aromatic rings. The van der Waals surface area contributed by atoms with E-state index in [4.69, 9.17) is 27.9 Å². The van der Waals surface area contributed by atoms with Gasteiger partial charge in [-0.15, -0.1) is 0 Å². The van der Waals surface area contributed by atoms with Crippen molar-refractivity contribution in [2.24, 2.45) is 5.92 Å². The van der Waals surface area contributed by atoms with Crippen LogP contribution >= 0.6 is 23.2 Å². The van der Waals surface area contributed by atoms with Crippen LogP contribution in [0, 0.1) is 5.92 Å². The second-order valence-electron chi connectivity index (χ2n) is 5.17. The van der Waals surface area contributed by atoms with Crippen molar-refractivity contribution in [2.45, 2.75) is 32.3 Å². The molecular weight excluding hydrogens is 325 g/mol. The Morgan fingerprint density at radius 1 is 1.32 bits per heavy atom. The summed E-state index contributed by atoms with van der Waals surface area (Å²) in [7, 11) is 0. The first-order valence-corrected chi connectivity index (χ1v) is 7.84. The molecule has 1 aliphatic rings. The summed E-state index contributed by atoms with van der Waals surface area (Å²) in [5.74, 6) is -0.933. The smallest absolute Gasteiger partial charge is 0.310 e. The highest BCUT2D eigenvalue weighted by molar-refractivity contribution is 6.36. The molecule has 0 unspecified atom stereocenters. The molecule has 118 valence electrons. The number of carbonyl (C=O) groups excluding carboxylic acids is 2. The summed E-state index contributed by atoms with van der Waals surface area (Å²) in [4.78, 5) is 24.1. The second-order valence-corrected chi connectivity index (χ2v) is 6.02. The van der Waals surface area contributed by atoms with Gasteiger partial charge >= 0.3 is 5.97 Å². The van der Waals surface area contributed by atoms with E-state index in [9.17, 15) is 9.59 Å². The van der Waals surface area contributed by atoms with Crippen LogP contribution in [0.25, 0.3) is 0 Å². The number of carbonyl (C=O) groups is 2. The molecule has 0 aliphatic heterocycles. The summed E-state index contributed by atoms with van der Waals surface area (Å²) >= 11 is 11.8. The number of hydrogen-bond donors (Lipinski definition) is 1. The van der Waals surface area contributed by atoms with Crippen molar-refractivity contribution in [3.8, 4) is 0 Å². The summed E-state index contributed by atoms with van der Waals surface area (Å²) in [6.45, 7) is 1.54. The summed E-state index contributed by atoms with van der Waals surface area (Å²) in [5.41, 5.74) is 0.430. The molecule has 0 heterocycles. The fraction of sp³-hybridized carbons (Fsp3) is 0.375. The Hall–Kier alpha value is -1.52. The number of nitrogens with one attached hydrogen (secondary N) is 1. The van der Waals surface area contributed by atoms with Crippen LogP contribution in [0.1, 0.15) is 26.2 Å². The van der Waals surface area contributed by atoms with E-state index in [1.54, 1.807) is 12.1 Å². The van der Waals surface area contributed by atoms with Crippen LogP contribution in [0.3, 0.4) is 0 Å². The van der Waals surface area contributed by atoms with Gasteiger partial charge in [0.25, 0.3) is 5.91 Å². The number of rotatable bonds is 4. The molecule has 0 fully saturated rings. The summed E-state index contributed by atoms with van der Waals surface area (Å²) < 4.78 is 5.23. The molecular formula is C16H17Cl2NO3. The van der Waals surface area contributed by atoms with Gasteiger partial charge in [0, 0.05) is 5.02 Å². The molecule has 1 amide bonds. The minimum Gasteiger partial charge on any atom is -0.452 e. The maximum atomic E-state index is 12.1. The Bertz CT molecular complexity index is 601. The summed E-state index contributed by atoms with van der Waals surface area (Å²) in [6, 6.07) is 4.75. The molecule has 1 aromatic carbocycles. The molecule has 1 aliphatic carbocycles. The Morgan fingerprint density at radius 2 is 2.09 bits per heavy atom. The maximum Gasteiger partial charge on any atom is 0.310 e. The van der Waals surface area contributed by atoms with Crippen LogP contribution in [0.5, 0.6) is 0 Å². The molecule has 0 aromatic heterocycles. The number of benzene rings is 1. The average Bonchev–Trinajstić information content (AvgIpc) is 2.50. The van der Waals surface area contributed by atoms with Gasteiger partial charge in [-0.2, -0.15) is 0 Å². The molecule has 2 rings (SSSR count). The molecule has 0 radical (unpaired) electrons. The van der Waals surface area contributed by atoms with Gasteiger partial charge in [0.05, 0.1) is 16.6 Å².